The van der Waals surface area contributed by atoms with E-state index in [0.29, 0.717) is 38.9 Å². The molecule has 1 aromatic carbocycles. The van der Waals surface area contributed by atoms with E-state index >= 15 is 0 Å². The number of aromatic amines is 1. The Balaban J connectivity index is 1.39. The lowest BCUT2D eigenvalue weighted by atomic mass is 10.1. The third-order valence-corrected chi connectivity index (χ3v) is 7.20. The predicted molar refractivity (Wildman–Crippen MR) is 123 cm³/mol. The molecule has 3 aromatic heterocycles. The quantitative estimate of drug-likeness (QED) is 0.324. The number of nitrogens with one attached hydrogen (secondary N) is 1. The molecule has 2 aliphatic rings. The summed E-state index contributed by atoms with van der Waals surface area (Å²) < 4.78 is 21.0. The first-order valence-corrected chi connectivity index (χ1v) is 12.1. The summed E-state index contributed by atoms with van der Waals surface area (Å²) in [5.74, 6) is 1.17. The number of hydrogen-bond donors (Lipinski definition) is 1. The van der Waals surface area contributed by atoms with Gasteiger partial charge in [0, 0.05) is 17.5 Å². The Hall–Kier alpha value is -3.34. The van der Waals surface area contributed by atoms with E-state index in [4.69, 9.17) is 9.51 Å². The number of rotatable bonds is 6. The molecule has 0 saturated heterocycles. The van der Waals surface area contributed by atoms with Gasteiger partial charge in [-0.2, -0.15) is 4.98 Å². The summed E-state index contributed by atoms with van der Waals surface area (Å²) in [5.41, 5.74) is 0.507. The van der Waals surface area contributed by atoms with Crippen molar-refractivity contribution in [1.82, 2.24) is 29.7 Å². The van der Waals surface area contributed by atoms with E-state index < -0.39 is 11.2 Å². The smallest absolute Gasteiger partial charge is 0.330 e. The molecule has 0 bridgehead atoms. The van der Waals surface area contributed by atoms with Gasteiger partial charge in [-0.3, -0.25) is 14.3 Å². The number of fused-ring (bicyclic) bond motifs is 1. The minimum absolute atomic E-state index is 0.0532. The van der Waals surface area contributed by atoms with Crippen LogP contribution in [0.5, 0.6) is 0 Å². The highest BCUT2D eigenvalue weighted by Gasteiger charge is 2.33. The molecule has 0 amide bonds. The highest BCUT2D eigenvalue weighted by molar-refractivity contribution is 7.99. The summed E-state index contributed by atoms with van der Waals surface area (Å²) in [6.07, 6.45) is 3.74. The molecule has 0 spiro atoms. The average Bonchev–Trinajstić information content (AvgIpc) is 3.73. The van der Waals surface area contributed by atoms with Gasteiger partial charge in [-0.05, 0) is 51.2 Å². The Bertz CT molecular complexity index is 1550. The van der Waals surface area contributed by atoms with Gasteiger partial charge in [-0.25, -0.2) is 19.2 Å². The molecule has 3 heterocycles. The summed E-state index contributed by atoms with van der Waals surface area (Å²) in [6.45, 7) is 3.55. The number of halogens is 1. The number of H-pyrrole nitrogens is 1. The van der Waals surface area contributed by atoms with Crippen LogP contribution in [0, 0.1) is 12.7 Å². The van der Waals surface area contributed by atoms with E-state index in [-0.39, 0.29) is 28.9 Å². The maximum atomic E-state index is 14.0. The van der Waals surface area contributed by atoms with Crippen molar-refractivity contribution < 1.29 is 8.91 Å². The topological polar surface area (TPSA) is 120 Å². The lowest BCUT2D eigenvalue weighted by Gasteiger charge is -2.13. The molecule has 2 aliphatic carbocycles. The van der Waals surface area contributed by atoms with Crippen molar-refractivity contribution in [3.8, 4) is 11.4 Å². The van der Waals surface area contributed by atoms with Gasteiger partial charge < -0.3 is 4.52 Å². The largest absolute Gasteiger partial charge is 0.338 e. The monoisotopic (exact) mass is 480 g/mol. The number of benzene rings is 1. The van der Waals surface area contributed by atoms with Crippen LogP contribution in [-0.2, 0) is 0 Å². The second kappa shape index (κ2) is 7.86. The predicted octanol–water partition coefficient (Wildman–Crippen LogP) is 4.04. The molecule has 6 rings (SSSR count). The second-order valence-corrected chi connectivity index (χ2v) is 10.2. The van der Waals surface area contributed by atoms with Crippen molar-refractivity contribution in [3.63, 3.8) is 0 Å². The summed E-state index contributed by atoms with van der Waals surface area (Å²) in [6, 6.07) is 4.83. The molecule has 9 nitrogen and oxygen atoms in total. The van der Waals surface area contributed by atoms with Crippen LogP contribution in [0.15, 0.2) is 37.3 Å². The van der Waals surface area contributed by atoms with Gasteiger partial charge in [-0.15, -0.1) is 0 Å². The number of hydrogen-bond acceptors (Lipinski definition) is 8. The second-order valence-electron chi connectivity index (χ2n) is 8.90. The van der Waals surface area contributed by atoms with Crippen LogP contribution < -0.4 is 11.2 Å². The van der Waals surface area contributed by atoms with Gasteiger partial charge >= 0.3 is 5.69 Å². The summed E-state index contributed by atoms with van der Waals surface area (Å²) in [4.78, 5) is 41.6. The van der Waals surface area contributed by atoms with E-state index in [0.717, 1.165) is 25.7 Å². The van der Waals surface area contributed by atoms with Crippen molar-refractivity contribution in [2.24, 2.45) is 0 Å². The minimum Gasteiger partial charge on any atom is -0.338 e. The molecule has 0 radical (unpaired) electrons. The zero-order chi connectivity index (χ0) is 23.6. The fourth-order valence-electron chi connectivity index (χ4n) is 3.88. The SMILES string of the molecule is Cc1ccc(-c2noc([C@H](C)Sc3nc(C4CC4)nc4c3c(=O)[nH]c(=O)n4C3CC3)n2)cc1F. The zero-order valence-electron chi connectivity index (χ0n) is 18.5. The van der Waals surface area contributed by atoms with Crippen LogP contribution in [-0.4, -0.2) is 29.7 Å². The van der Waals surface area contributed by atoms with Crippen LogP contribution in [0.1, 0.15) is 67.1 Å². The van der Waals surface area contributed by atoms with E-state index in [1.165, 1.54) is 17.8 Å². The summed E-state index contributed by atoms with van der Waals surface area (Å²) in [7, 11) is 0. The average molecular weight is 481 g/mol. The Labute approximate surface area is 196 Å². The highest BCUT2D eigenvalue weighted by atomic mass is 32.2. The third kappa shape index (κ3) is 3.73. The van der Waals surface area contributed by atoms with Crippen molar-refractivity contribution in [2.75, 3.05) is 0 Å². The lowest BCUT2D eigenvalue weighted by Crippen LogP contribution is -2.31. The number of nitrogens with zero attached hydrogens (tertiary/aromatic N) is 5. The summed E-state index contributed by atoms with van der Waals surface area (Å²) in [5, 5.41) is 4.44. The van der Waals surface area contributed by atoms with Crippen LogP contribution in [0.3, 0.4) is 0 Å². The first-order chi connectivity index (χ1) is 16.4. The molecule has 0 unspecified atom stereocenters. The number of thioether (sulfide) groups is 1. The van der Waals surface area contributed by atoms with Crippen molar-refractivity contribution in [3.05, 3.63) is 62.1 Å². The molecule has 2 saturated carbocycles. The van der Waals surface area contributed by atoms with Crippen molar-refractivity contribution in [1.29, 1.82) is 0 Å². The van der Waals surface area contributed by atoms with Gasteiger partial charge in [-0.1, -0.05) is 29.1 Å². The number of aryl methyl sites for hydroxylation is 1. The maximum Gasteiger partial charge on any atom is 0.330 e. The Morgan fingerprint density at radius 2 is 1.97 bits per heavy atom. The molecule has 1 atom stereocenters. The third-order valence-electron chi connectivity index (χ3n) is 6.13. The number of aromatic nitrogens is 6. The van der Waals surface area contributed by atoms with Gasteiger partial charge in [0.05, 0.1) is 5.25 Å². The normalized spacial score (nSPS) is 16.8. The van der Waals surface area contributed by atoms with Gasteiger partial charge in [0.1, 0.15) is 22.1 Å². The maximum absolute atomic E-state index is 14.0. The molecule has 4 aromatic rings. The molecule has 11 heteroatoms. The van der Waals surface area contributed by atoms with Crippen LogP contribution >= 0.6 is 11.8 Å². The van der Waals surface area contributed by atoms with Crippen LogP contribution in [0.25, 0.3) is 22.4 Å². The summed E-state index contributed by atoms with van der Waals surface area (Å²) >= 11 is 1.30. The van der Waals surface area contributed by atoms with Gasteiger partial charge in [0.15, 0.2) is 5.65 Å². The highest BCUT2D eigenvalue weighted by Crippen LogP contribution is 2.42. The van der Waals surface area contributed by atoms with Gasteiger partial charge in [0.25, 0.3) is 5.56 Å². The van der Waals surface area contributed by atoms with Crippen molar-refractivity contribution in [2.45, 2.75) is 61.8 Å². The Morgan fingerprint density at radius 1 is 1.18 bits per heavy atom. The van der Waals surface area contributed by atoms with E-state index in [1.807, 2.05) is 6.92 Å². The minimum atomic E-state index is -0.504. The first kappa shape index (κ1) is 21.2. The Morgan fingerprint density at radius 3 is 2.68 bits per heavy atom. The molecule has 174 valence electrons. The van der Waals surface area contributed by atoms with Crippen LogP contribution in [0.4, 0.5) is 4.39 Å². The van der Waals surface area contributed by atoms with Crippen molar-refractivity contribution >= 4 is 22.8 Å². The molecule has 1 N–H and O–H groups in total. The lowest BCUT2D eigenvalue weighted by molar-refractivity contribution is 0.380. The molecular weight excluding hydrogens is 459 g/mol. The molecule has 2 fully saturated rings. The van der Waals surface area contributed by atoms with Gasteiger partial charge in [0.2, 0.25) is 11.7 Å². The molecule has 34 heavy (non-hydrogen) atoms. The van der Waals surface area contributed by atoms with E-state index in [2.05, 4.69) is 20.1 Å². The Kier molecular flexibility index (Phi) is 4.91. The first-order valence-electron chi connectivity index (χ1n) is 11.2. The molecule has 0 aliphatic heterocycles. The molecular formula is C23H21FN6O3S. The van der Waals surface area contributed by atoms with E-state index in [9.17, 15) is 14.0 Å². The fourth-order valence-corrected chi connectivity index (χ4v) is 4.86. The zero-order valence-corrected chi connectivity index (χ0v) is 19.4. The fraction of sp³-hybridized carbons (Fsp3) is 0.391. The van der Waals surface area contributed by atoms with E-state index in [1.54, 1.807) is 23.6 Å². The van der Waals surface area contributed by atoms with Crippen LogP contribution in [0.2, 0.25) is 0 Å². The standard InChI is InChI=1S/C23H21FN6O3S/c1-10-3-4-13(9-15(10)24)18-26-21(33-29-18)11(2)34-22-16-19(25-17(27-22)12-5-6-12)30(14-7-8-14)23(32)28-20(16)31/h3-4,9,11-12,14H,5-8H2,1-2H3,(H,28,31,32)/t11-/m0/s1.